The Labute approximate surface area is 125 Å². The fraction of sp³-hybridized carbons (Fsp3) is 0.250. The smallest absolute Gasteiger partial charge is 0.137 e. The molecule has 2 aromatic rings. The summed E-state index contributed by atoms with van der Waals surface area (Å²) in [4.78, 5) is 0. The third-order valence-electron chi connectivity index (χ3n) is 3.18. The molecule has 1 atom stereocenters. The van der Waals surface area contributed by atoms with Gasteiger partial charge in [0.1, 0.15) is 11.6 Å². The number of rotatable bonds is 4. The van der Waals surface area contributed by atoms with Crippen molar-refractivity contribution < 1.29 is 8.78 Å². The standard InChI is InChI=1S/C16H16BrF2N/c1-16(20,9-11-5-2-3-7-13(11)18)10-12-6-4-8-14(19)15(12)17/h2-8H,9-10,20H2,1H3. The summed E-state index contributed by atoms with van der Waals surface area (Å²) in [5, 5.41) is 0. The van der Waals surface area contributed by atoms with Crippen molar-refractivity contribution in [2.24, 2.45) is 5.73 Å². The minimum absolute atomic E-state index is 0.262. The molecule has 2 aromatic carbocycles. The molecule has 106 valence electrons. The van der Waals surface area contributed by atoms with Crippen molar-refractivity contribution in [2.45, 2.75) is 25.3 Å². The number of hydrogen-bond donors (Lipinski definition) is 1. The lowest BCUT2D eigenvalue weighted by Crippen LogP contribution is -2.41. The monoisotopic (exact) mass is 339 g/mol. The number of benzene rings is 2. The molecule has 0 heterocycles. The van der Waals surface area contributed by atoms with Gasteiger partial charge < -0.3 is 5.73 Å². The second kappa shape index (κ2) is 6.02. The van der Waals surface area contributed by atoms with Crippen molar-refractivity contribution in [3.8, 4) is 0 Å². The van der Waals surface area contributed by atoms with Crippen LogP contribution in [0.25, 0.3) is 0 Å². The van der Waals surface area contributed by atoms with Gasteiger partial charge in [0.05, 0.1) is 4.47 Å². The predicted molar refractivity (Wildman–Crippen MR) is 80.5 cm³/mol. The van der Waals surface area contributed by atoms with Crippen molar-refractivity contribution in [1.29, 1.82) is 0 Å². The SMILES string of the molecule is CC(N)(Cc1ccccc1F)Cc1cccc(F)c1Br. The Morgan fingerprint density at radius 1 is 0.950 bits per heavy atom. The highest BCUT2D eigenvalue weighted by atomic mass is 79.9. The summed E-state index contributed by atoms with van der Waals surface area (Å²) >= 11 is 3.23. The van der Waals surface area contributed by atoms with Crippen LogP contribution in [0.3, 0.4) is 0 Å². The van der Waals surface area contributed by atoms with Crippen LogP contribution in [-0.2, 0) is 12.8 Å². The highest BCUT2D eigenvalue weighted by Gasteiger charge is 2.23. The quantitative estimate of drug-likeness (QED) is 0.886. The third-order valence-corrected chi connectivity index (χ3v) is 4.07. The zero-order chi connectivity index (χ0) is 14.8. The van der Waals surface area contributed by atoms with E-state index in [-0.39, 0.29) is 11.6 Å². The fourth-order valence-electron chi connectivity index (χ4n) is 2.26. The Bertz CT molecular complexity index is 611. The summed E-state index contributed by atoms with van der Waals surface area (Å²) in [6.07, 6.45) is 0.850. The summed E-state index contributed by atoms with van der Waals surface area (Å²) in [7, 11) is 0. The lowest BCUT2D eigenvalue weighted by molar-refractivity contribution is 0.449. The number of hydrogen-bond acceptors (Lipinski definition) is 1. The van der Waals surface area contributed by atoms with Crippen LogP contribution in [-0.4, -0.2) is 5.54 Å². The van der Waals surface area contributed by atoms with E-state index < -0.39 is 5.54 Å². The van der Waals surface area contributed by atoms with Gasteiger partial charge in [-0.25, -0.2) is 8.78 Å². The van der Waals surface area contributed by atoms with E-state index in [9.17, 15) is 8.78 Å². The highest BCUT2D eigenvalue weighted by Crippen LogP contribution is 2.25. The van der Waals surface area contributed by atoms with E-state index in [4.69, 9.17) is 5.73 Å². The molecule has 0 bridgehead atoms. The molecular formula is C16H16BrF2N. The van der Waals surface area contributed by atoms with Crippen molar-refractivity contribution in [3.05, 3.63) is 69.7 Å². The Morgan fingerprint density at radius 2 is 1.50 bits per heavy atom. The molecule has 0 aliphatic rings. The Hall–Kier alpha value is -1.26. The molecule has 1 nitrogen and oxygen atoms in total. The fourth-order valence-corrected chi connectivity index (χ4v) is 2.66. The second-order valence-electron chi connectivity index (χ2n) is 5.31. The number of halogens is 3. The van der Waals surface area contributed by atoms with Gasteiger partial charge >= 0.3 is 0 Å². The maximum Gasteiger partial charge on any atom is 0.137 e. The molecule has 2 rings (SSSR count). The molecule has 0 saturated carbocycles. The van der Waals surface area contributed by atoms with Crippen LogP contribution in [0.5, 0.6) is 0 Å². The van der Waals surface area contributed by atoms with E-state index in [0.29, 0.717) is 22.9 Å². The van der Waals surface area contributed by atoms with Crippen LogP contribution >= 0.6 is 15.9 Å². The first-order chi connectivity index (χ1) is 9.39. The molecule has 0 aromatic heterocycles. The van der Waals surface area contributed by atoms with E-state index >= 15 is 0 Å². The first-order valence-electron chi connectivity index (χ1n) is 6.34. The van der Waals surface area contributed by atoms with Gasteiger partial charge in [0, 0.05) is 5.54 Å². The molecule has 0 radical (unpaired) electrons. The van der Waals surface area contributed by atoms with Crippen LogP contribution in [0.4, 0.5) is 8.78 Å². The highest BCUT2D eigenvalue weighted by molar-refractivity contribution is 9.10. The van der Waals surface area contributed by atoms with Gasteiger partial charge in [-0.3, -0.25) is 0 Å². The van der Waals surface area contributed by atoms with Gasteiger partial charge in [0.15, 0.2) is 0 Å². The van der Waals surface area contributed by atoms with Crippen LogP contribution in [0.15, 0.2) is 46.9 Å². The minimum atomic E-state index is -0.654. The van der Waals surface area contributed by atoms with E-state index in [2.05, 4.69) is 15.9 Å². The zero-order valence-corrected chi connectivity index (χ0v) is 12.8. The van der Waals surface area contributed by atoms with E-state index in [1.54, 1.807) is 24.3 Å². The first-order valence-corrected chi connectivity index (χ1v) is 7.13. The normalized spacial score (nSPS) is 14.1. The first kappa shape index (κ1) is 15.1. The summed E-state index contributed by atoms with van der Waals surface area (Å²) in [5.74, 6) is -0.577. The summed E-state index contributed by atoms with van der Waals surface area (Å²) in [6.45, 7) is 1.84. The van der Waals surface area contributed by atoms with Crippen molar-refractivity contribution in [2.75, 3.05) is 0 Å². The van der Waals surface area contributed by atoms with Crippen LogP contribution in [0.2, 0.25) is 0 Å². The lowest BCUT2D eigenvalue weighted by atomic mass is 9.87. The largest absolute Gasteiger partial charge is 0.325 e. The average Bonchev–Trinajstić information content (AvgIpc) is 2.37. The maximum atomic E-state index is 13.7. The molecule has 0 fully saturated rings. The van der Waals surface area contributed by atoms with Crippen LogP contribution < -0.4 is 5.73 Å². The van der Waals surface area contributed by atoms with Crippen LogP contribution in [0.1, 0.15) is 18.1 Å². The van der Waals surface area contributed by atoms with Gasteiger partial charge in [-0.05, 0) is 59.0 Å². The molecule has 0 saturated heterocycles. The van der Waals surface area contributed by atoms with Gasteiger partial charge in [0.25, 0.3) is 0 Å². The molecule has 4 heteroatoms. The third kappa shape index (κ3) is 3.64. The van der Waals surface area contributed by atoms with Gasteiger partial charge in [-0.15, -0.1) is 0 Å². The average molecular weight is 340 g/mol. The molecule has 0 aliphatic heterocycles. The summed E-state index contributed by atoms with van der Waals surface area (Å²) in [6, 6.07) is 11.4. The van der Waals surface area contributed by atoms with Crippen molar-refractivity contribution >= 4 is 15.9 Å². The maximum absolute atomic E-state index is 13.7. The molecule has 2 N–H and O–H groups in total. The Balaban J connectivity index is 2.19. The number of nitrogens with two attached hydrogens (primary N) is 1. The molecule has 0 amide bonds. The molecule has 20 heavy (non-hydrogen) atoms. The molecular weight excluding hydrogens is 324 g/mol. The van der Waals surface area contributed by atoms with Crippen LogP contribution in [0, 0.1) is 11.6 Å². The second-order valence-corrected chi connectivity index (χ2v) is 6.10. The summed E-state index contributed by atoms with van der Waals surface area (Å²) < 4.78 is 27.6. The van der Waals surface area contributed by atoms with Crippen molar-refractivity contribution in [1.82, 2.24) is 0 Å². The van der Waals surface area contributed by atoms with E-state index in [1.165, 1.54) is 12.1 Å². The lowest BCUT2D eigenvalue weighted by Gasteiger charge is -2.25. The Morgan fingerprint density at radius 3 is 2.20 bits per heavy atom. The van der Waals surface area contributed by atoms with Gasteiger partial charge in [-0.2, -0.15) is 0 Å². The Kier molecular flexibility index (Phi) is 4.55. The van der Waals surface area contributed by atoms with Gasteiger partial charge in [0.2, 0.25) is 0 Å². The summed E-state index contributed by atoms with van der Waals surface area (Å²) in [5.41, 5.74) is 6.96. The zero-order valence-electron chi connectivity index (χ0n) is 11.2. The van der Waals surface area contributed by atoms with Gasteiger partial charge in [-0.1, -0.05) is 30.3 Å². The molecule has 1 unspecified atom stereocenters. The van der Waals surface area contributed by atoms with E-state index in [1.807, 2.05) is 13.0 Å². The minimum Gasteiger partial charge on any atom is -0.325 e. The van der Waals surface area contributed by atoms with Crippen molar-refractivity contribution in [3.63, 3.8) is 0 Å². The topological polar surface area (TPSA) is 26.0 Å². The molecule has 0 spiro atoms. The predicted octanol–water partition coefficient (Wildman–Crippen LogP) is 4.23. The molecule has 0 aliphatic carbocycles. The van der Waals surface area contributed by atoms with E-state index in [0.717, 1.165) is 5.56 Å².